The maximum atomic E-state index is 12.6. The summed E-state index contributed by atoms with van der Waals surface area (Å²) in [6, 6.07) is 6.89. The average Bonchev–Trinajstić information content (AvgIpc) is 2.73. The van der Waals surface area contributed by atoms with Crippen molar-refractivity contribution < 1.29 is 28.5 Å². The molecule has 9 heteroatoms. The molecule has 1 N–H and O–H groups in total. The van der Waals surface area contributed by atoms with Gasteiger partial charge >= 0.3 is 0 Å². The van der Waals surface area contributed by atoms with Crippen LogP contribution in [0.4, 0.5) is 5.69 Å². The van der Waals surface area contributed by atoms with E-state index in [2.05, 4.69) is 5.32 Å². The van der Waals surface area contributed by atoms with Crippen LogP contribution < -0.4 is 29.0 Å². The van der Waals surface area contributed by atoms with Crippen molar-refractivity contribution in [1.82, 2.24) is 4.90 Å². The number of benzene rings is 2. The standard InChI is InChI=1S/C21H27ClN2O6/c1-24(11-13-7-8-16(26-2)21(30-6)20(13)29-5)12-19(25)23-15-9-14(22)17(27-3)10-18(15)28-4/h7-10H,11-12H2,1-6H3,(H,23,25). The fraction of sp³-hybridized carbons (Fsp3) is 0.381. The van der Waals surface area contributed by atoms with E-state index in [1.807, 2.05) is 18.0 Å². The van der Waals surface area contributed by atoms with Crippen molar-refractivity contribution in [3.8, 4) is 28.7 Å². The minimum atomic E-state index is -0.225. The molecule has 0 spiro atoms. The molecule has 0 aliphatic heterocycles. The third kappa shape index (κ3) is 5.40. The van der Waals surface area contributed by atoms with Gasteiger partial charge < -0.3 is 29.0 Å². The molecule has 0 aliphatic carbocycles. The molecule has 0 saturated heterocycles. The Bertz CT molecular complexity index is 890. The lowest BCUT2D eigenvalue weighted by atomic mass is 10.1. The summed E-state index contributed by atoms with van der Waals surface area (Å²) in [5, 5.41) is 3.19. The number of rotatable bonds is 10. The zero-order chi connectivity index (χ0) is 22.3. The summed E-state index contributed by atoms with van der Waals surface area (Å²) in [6.07, 6.45) is 0. The lowest BCUT2D eigenvalue weighted by molar-refractivity contribution is -0.117. The summed E-state index contributed by atoms with van der Waals surface area (Å²) in [6.45, 7) is 0.585. The molecule has 8 nitrogen and oxygen atoms in total. The van der Waals surface area contributed by atoms with Gasteiger partial charge in [0.05, 0.1) is 52.8 Å². The maximum Gasteiger partial charge on any atom is 0.238 e. The van der Waals surface area contributed by atoms with Crippen LogP contribution in [0.5, 0.6) is 28.7 Å². The van der Waals surface area contributed by atoms with Gasteiger partial charge in [-0.15, -0.1) is 0 Å². The zero-order valence-corrected chi connectivity index (χ0v) is 18.8. The second-order valence-electron chi connectivity index (χ2n) is 6.40. The molecular weight excluding hydrogens is 412 g/mol. The number of ether oxygens (including phenoxy) is 5. The Morgan fingerprint density at radius 3 is 2.10 bits per heavy atom. The van der Waals surface area contributed by atoms with Gasteiger partial charge in [0.1, 0.15) is 11.5 Å². The summed E-state index contributed by atoms with van der Waals surface area (Å²) in [5.74, 6) is 2.33. The molecule has 0 saturated carbocycles. The van der Waals surface area contributed by atoms with E-state index < -0.39 is 0 Å². The first kappa shape index (κ1) is 23.4. The van der Waals surface area contributed by atoms with Crippen LogP contribution in [-0.4, -0.2) is 59.9 Å². The van der Waals surface area contributed by atoms with Crippen molar-refractivity contribution in [3.05, 3.63) is 34.9 Å². The number of hydrogen-bond acceptors (Lipinski definition) is 7. The zero-order valence-electron chi connectivity index (χ0n) is 18.0. The van der Waals surface area contributed by atoms with Crippen molar-refractivity contribution in [1.29, 1.82) is 0 Å². The van der Waals surface area contributed by atoms with E-state index in [0.717, 1.165) is 5.56 Å². The van der Waals surface area contributed by atoms with Crippen LogP contribution in [0.15, 0.2) is 24.3 Å². The molecule has 0 bridgehead atoms. The monoisotopic (exact) mass is 438 g/mol. The Kier molecular flexibility index (Phi) is 8.44. The average molecular weight is 439 g/mol. The molecule has 0 aliphatic rings. The third-order valence-corrected chi connectivity index (χ3v) is 4.68. The first-order chi connectivity index (χ1) is 14.4. The van der Waals surface area contributed by atoms with Gasteiger partial charge in [0.25, 0.3) is 0 Å². The van der Waals surface area contributed by atoms with E-state index in [-0.39, 0.29) is 12.5 Å². The Hall–Kier alpha value is -2.84. The van der Waals surface area contributed by atoms with Crippen LogP contribution in [0.25, 0.3) is 0 Å². The highest BCUT2D eigenvalue weighted by atomic mass is 35.5. The van der Waals surface area contributed by atoms with Gasteiger partial charge in [-0.1, -0.05) is 17.7 Å². The number of methoxy groups -OCH3 is 5. The highest BCUT2D eigenvalue weighted by molar-refractivity contribution is 6.32. The SMILES string of the molecule is COc1cc(OC)c(NC(=O)CN(C)Cc2ccc(OC)c(OC)c2OC)cc1Cl. The van der Waals surface area contributed by atoms with Crippen LogP contribution in [0, 0.1) is 0 Å². The molecule has 1 amide bonds. The van der Waals surface area contributed by atoms with E-state index in [9.17, 15) is 4.79 Å². The van der Waals surface area contributed by atoms with Crippen LogP contribution in [0.2, 0.25) is 5.02 Å². The Balaban J connectivity index is 2.11. The van der Waals surface area contributed by atoms with E-state index in [1.54, 1.807) is 39.5 Å². The second-order valence-corrected chi connectivity index (χ2v) is 6.81. The predicted molar refractivity (Wildman–Crippen MR) is 116 cm³/mol. The van der Waals surface area contributed by atoms with Crippen LogP contribution in [0.1, 0.15) is 5.56 Å². The Morgan fingerprint density at radius 2 is 1.53 bits per heavy atom. The molecule has 0 atom stereocenters. The quantitative estimate of drug-likeness (QED) is 0.608. The van der Waals surface area contributed by atoms with Crippen molar-refractivity contribution >= 4 is 23.2 Å². The van der Waals surface area contributed by atoms with Gasteiger partial charge in [0.2, 0.25) is 11.7 Å². The van der Waals surface area contributed by atoms with E-state index in [0.29, 0.717) is 46.0 Å². The van der Waals surface area contributed by atoms with E-state index in [1.165, 1.54) is 14.2 Å². The van der Waals surface area contributed by atoms with E-state index in [4.69, 9.17) is 35.3 Å². The van der Waals surface area contributed by atoms with Gasteiger partial charge in [-0.3, -0.25) is 9.69 Å². The van der Waals surface area contributed by atoms with Crippen LogP contribution in [0.3, 0.4) is 0 Å². The van der Waals surface area contributed by atoms with Gasteiger partial charge in [-0.25, -0.2) is 0 Å². The topological polar surface area (TPSA) is 78.5 Å². The molecule has 0 fully saturated rings. The number of hydrogen-bond donors (Lipinski definition) is 1. The van der Waals surface area contributed by atoms with Gasteiger partial charge in [-0.2, -0.15) is 0 Å². The number of anilines is 1. The van der Waals surface area contributed by atoms with Gasteiger partial charge in [0, 0.05) is 18.2 Å². The van der Waals surface area contributed by atoms with Crippen molar-refractivity contribution in [3.63, 3.8) is 0 Å². The van der Waals surface area contributed by atoms with Gasteiger partial charge in [-0.05, 0) is 19.2 Å². The number of amides is 1. The first-order valence-corrected chi connectivity index (χ1v) is 9.44. The summed E-state index contributed by atoms with van der Waals surface area (Å²) in [4.78, 5) is 14.4. The van der Waals surface area contributed by atoms with Crippen LogP contribution in [-0.2, 0) is 11.3 Å². The van der Waals surface area contributed by atoms with Crippen molar-refractivity contribution in [2.75, 3.05) is 54.5 Å². The number of nitrogens with zero attached hydrogens (tertiary/aromatic N) is 1. The van der Waals surface area contributed by atoms with Crippen molar-refractivity contribution in [2.45, 2.75) is 6.54 Å². The Labute approximate surface area is 181 Å². The van der Waals surface area contributed by atoms with Crippen LogP contribution >= 0.6 is 11.6 Å². The number of carbonyl (C=O) groups excluding carboxylic acids is 1. The summed E-state index contributed by atoms with van der Waals surface area (Å²) in [5.41, 5.74) is 1.32. The Morgan fingerprint density at radius 1 is 0.900 bits per heavy atom. The predicted octanol–water partition coefficient (Wildman–Crippen LogP) is 3.45. The molecule has 164 valence electrons. The van der Waals surface area contributed by atoms with Gasteiger partial charge in [0.15, 0.2) is 11.5 Å². The molecule has 0 heterocycles. The largest absolute Gasteiger partial charge is 0.495 e. The normalized spacial score (nSPS) is 10.5. The highest BCUT2D eigenvalue weighted by Gasteiger charge is 2.18. The minimum Gasteiger partial charge on any atom is -0.495 e. The number of likely N-dealkylation sites (N-methyl/N-ethyl adjacent to an activating group) is 1. The van der Waals surface area contributed by atoms with E-state index >= 15 is 0 Å². The molecule has 2 aromatic carbocycles. The number of carbonyl (C=O) groups is 1. The summed E-state index contributed by atoms with van der Waals surface area (Å²) < 4.78 is 26.7. The maximum absolute atomic E-state index is 12.6. The lowest BCUT2D eigenvalue weighted by Crippen LogP contribution is -2.30. The number of halogens is 1. The smallest absolute Gasteiger partial charge is 0.238 e. The highest BCUT2D eigenvalue weighted by Crippen LogP contribution is 2.40. The third-order valence-electron chi connectivity index (χ3n) is 4.39. The second kappa shape index (κ2) is 10.8. The molecule has 0 unspecified atom stereocenters. The summed E-state index contributed by atoms with van der Waals surface area (Å²) in [7, 11) is 9.52. The van der Waals surface area contributed by atoms with Crippen molar-refractivity contribution in [2.24, 2.45) is 0 Å². The molecule has 0 aromatic heterocycles. The molecule has 2 rings (SSSR count). The molecule has 0 radical (unpaired) electrons. The fourth-order valence-electron chi connectivity index (χ4n) is 3.03. The molecular formula is C21H27ClN2O6. The lowest BCUT2D eigenvalue weighted by Gasteiger charge is -2.21. The first-order valence-electron chi connectivity index (χ1n) is 9.06. The minimum absolute atomic E-state index is 0.129. The number of nitrogens with one attached hydrogen (secondary N) is 1. The molecule has 2 aromatic rings. The molecule has 30 heavy (non-hydrogen) atoms. The fourth-order valence-corrected chi connectivity index (χ4v) is 3.27. The summed E-state index contributed by atoms with van der Waals surface area (Å²) >= 11 is 6.16.